The van der Waals surface area contributed by atoms with Crippen molar-refractivity contribution in [2.75, 3.05) is 13.1 Å². The zero-order valence-electron chi connectivity index (χ0n) is 14.9. The normalized spacial score (nSPS) is 15.6. The molecular formula is C19H21N3O3S2. The molecule has 1 aliphatic rings. The van der Waals surface area contributed by atoms with Gasteiger partial charge in [0.05, 0.1) is 16.8 Å². The maximum absolute atomic E-state index is 12.6. The van der Waals surface area contributed by atoms with Crippen molar-refractivity contribution in [1.29, 1.82) is 0 Å². The Bertz CT molecular complexity index is 1060. The van der Waals surface area contributed by atoms with Gasteiger partial charge in [-0.1, -0.05) is 30.0 Å². The molecular weight excluding hydrogens is 382 g/mol. The second-order valence-corrected chi connectivity index (χ2v) is 9.21. The van der Waals surface area contributed by atoms with E-state index >= 15 is 0 Å². The minimum atomic E-state index is -3.51. The van der Waals surface area contributed by atoms with Crippen molar-refractivity contribution in [2.24, 2.45) is 0 Å². The first kappa shape index (κ1) is 18.3. The number of sulfonamides is 1. The van der Waals surface area contributed by atoms with E-state index in [-0.39, 0.29) is 5.09 Å². The average Bonchev–Trinajstić information content (AvgIpc) is 3.41. The maximum Gasteiger partial charge on any atom is 0.276 e. The Morgan fingerprint density at radius 2 is 1.96 bits per heavy atom. The third-order valence-corrected chi connectivity index (χ3v) is 7.34. The number of allylic oxidation sites excluding steroid dienone is 1. The van der Waals surface area contributed by atoms with Gasteiger partial charge < -0.3 is 8.98 Å². The van der Waals surface area contributed by atoms with Gasteiger partial charge in [0.1, 0.15) is 5.76 Å². The van der Waals surface area contributed by atoms with Crippen LogP contribution in [0, 0.1) is 0 Å². The number of para-hydroxylation sites is 2. The second-order valence-electron chi connectivity index (χ2n) is 6.40. The van der Waals surface area contributed by atoms with Crippen LogP contribution in [0.5, 0.6) is 0 Å². The van der Waals surface area contributed by atoms with Crippen LogP contribution < -0.4 is 0 Å². The number of fused-ring (bicyclic) bond motifs is 1. The maximum atomic E-state index is 12.6. The highest BCUT2D eigenvalue weighted by Crippen LogP contribution is 2.29. The summed E-state index contributed by atoms with van der Waals surface area (Å²) in [6, 6.07) is 11.2. The van der Waals surface area contributed by atoms with Gasteiger partial charge in [0.25, 0.3) is 10.0 Å². The molecule has 0 unspecified atom stereocenters. The lowest BCUT2D eigenvalue weighted by molar-refractivity contribution is 0.397. The number of imidazole rings is 1. The molecule has 0 aliphatic carbocycles. The van der Waals surface area contributed by atoms with Crippen LogP contribution in [0.2, 0.25) is 0 Å². The number of furan rings is 1. The van der Waals surface area contributed by atoms with Crippen LogP contribution in [-0.4, -0.2) is 35.4 Å². The first-order chi connectivity index (χ1) is 13.1. The number of benzene rings is 1. The molecule has 0 saturated carbocycles. The highest BCUT2D eigenvalue weighted by molar-refractivity contribution is 7.98. The first-order valence-corrected chi connectivity index (χ1v) is 11.3. The van der Waals surface area contributed by atoms with E-state index in [1.807, 2.05) is 30.3 Å². The van der Waals surface area contributed by atoms with Crippen molar-refractivity contribution in [2.45, 2.75) is 35.4 Å². The fourth-order valence-corrected chi connectivity index (χ4v) is 5.60. The molecule has 3 heterocycles. The lowest BCUT2D eigenvalue weighted by Crippen LogP contribution is -2.27. The van der Waals surface area contributed by atoms with E-state index in [2.05, 4.69) is 16.1 Å². The number of hydrogen-bond donors (Lipinski definition) is 0. The minimum absolute atomic E-state index is 0.0274. The summed E-state index contributed by atoms with van der Waals surface area (Å²) in [5.74, 6) is 1.13. The molecule has 1 aromatic carbocycles. The molecule has 0 amide bonds. The van der Waals surface area contributed by atoms with Gasteiger partial charge in [-0.05, 0) is 37.1 Å². The van der Waals surface area contributed by atoms with E-state index in [1.165, 1.54) is 16.1 Å². The third-order valence-electron chi connectivity index (χ3n) is 4.57. The van der Waals surface area contributed by atoms with E-state index in [0.717, 1.165) is 29.0 Å². The molecule has 1 aliphatic heterocycles. The van der Waals surface area contributed by atoms with Crippen LogP contribution in [-0.2, 0) is 22.3 Å². The summed E-state index contributed by atoms with van der Waals surface area (Å²) in [5, 5.41) is 0.885. The Kier molecular flexibility index (Phi) is 5.12. The lowest BCUT2D eigenvalue weighted by Gasteiger charge is -2.12. The number of nitrogens with zero attached hydrogens (tertiary/aromatic N) is 3. The third kappa shape index (κ3) is 3.56. The van der Waals surface area contributed by atoms with Crippen molar-refractivity contribution in [3.05, 3.63) is 54.8 Å². The van der Waals surface area contributed by atoms with Crippen LogP contribution >= 0.6 is 11.8 Å². The smallest absolute Gasteiger partial charge is 0.276 e. The summed E-state index contributed by atoms with van der Waals surface area (Å²) < 4.78 is 34.4. The summed E-state index contributed by atoms with van der Waals surface area (Å²) in [4.78, 5) is 4.67. The Labute approximate surface area is 162 Å². The summed E-state index contributed by atoms with van der Waals surface area (Å²) in [7, 11) is -3.51. The number of thioether (sulfide) groups is 1. The monoisotopic (exact) mass is 403 g/mol. The molecule has 142 valence electrons. The SMILES string of the molecule is C=CCn1c(SCc2ccc(S(=O)(=O)N3CCCC3)o2)nc2ccccc21. The predicted octanol–water partition coefficient (Wildman–Crippen LogP) is 3.89. The standard InChI is InChI=1S/C19H21N3O3S2/c1-2-11-22-17-8-4-3-7-16(17)20-19(22)26-14-15-9-10-18(25-15)27(23,24)21-12-5-6-13-21/h2-4,7-10H,1,5-6,11-14H2. The van der Waals surface area contributed by atoms with E-state index in [9.17, 15) is 8.42 Å². The van der Waals surface area contributed by atoms with Gasteiger partial charge in [-0.3, -0.25) is 0 Å². The Balaban J connectivity index is 1.53. The van der Waals surface area contributed by atoms with Crippen LogP contribution in [0.15, 0.2) is 63.7 Å². The van der Waals surface area contributed by atoms with Gasteiger partial charge in [-0.25, -0.2) is 13.4 Å². The van der Waals surface area contributed by atoms with E-state index < -0.39 is 10.0 Å². The summed E-state index contributed by atoms with van der Waals surface area (Å²) >= 11 is 1.52. The number of hydrogen-bond acceptors (Lipinski definition) is 5. The average molecular weight is 404 g/mol. The Morgan fingerprint density at radius 3 is 2.74 bits per heavy atom. The summed E-state index contributed by atoms with van der Waals surface area (Å²) in [6.07, 6.45) is 3.65. The first-order valence-electron chi connectivity index (χ1n) is 8.87. The van der Waals surface area contributed by atoms with Crippen molar-refractivity contribution >= 4 is 32.8 Å². The van der Waals surface area contributed by atoms with Gasteiger partial charge in [0.15, 0.2) is 5.16 Å². The molecule has 0 radical (unpaired) electrons. The van der Waals surface area contributed by atoms with Crippen molar-refractivity contribution < 1.29 is 12.8 Å². The Hall–Kier alpha value is -2.03. The largest absolute Gasteiger partial charge is 0.447 e. The van der Waals surface area contributed by atoms with Gasteiger partial charge in [-0.2, -0.15) is 4.31 Å². The summed E-state index contributed by atoms with van der Waals surface area (Å²) in [6.45, 7) is 5.62. The minimum Gasteiger partial charge on any atom is -0.447 e. The quantitative estimate of drug-likeness (QED) is 0.442. The van der Waals surface area contributed by atoms with E-state index in [4.69, 9.17) is 4.42 Å². The lowest BCUT2D eigenvalue weighted by atomic mass is 10.3. The van der Waals surface area contributed by atoms with Gasteiger partial charge >= 0.3 is 0 Å². The molecule has 0 bridgehead atoms. The Morgan fingerprint density at radius 1 is 1.19 bits per heavy atom. The van der Waals surface area contributed by atoms with Crippen LogP contribution in [0.4, 0.5) is 0 Å². The molecule has 6 nitrogen and oxygen atoms in total. The fraction of sp³-hybridized carbons (Fsp3) is 0.316. The molecule has 0 N–H and O–H groups in total. The van der Waals surface area contributed by atoms with Gasteiger partial charge in [-0.15, -0.1) is 6.58 Å². The van der Waals surface area contributed by atoms with Crippen molar-refractivity contribution in [3.8, 4) is 0 Å². The van der Waals surface area contributed by atoms with E-state index in [1.54, 1.807) is 12.1 Å². The van der Waals surface area contributed by atoms with Gasteiger partial charge in [0.2, 0.25) is 5.09 Å². The molecule has 4 rings (SSSR count). The zero-order chi connectivity index (χ0) is 18.9. The molecule has 1 fully saturated rings. The molecule has 1 saturated heterocycles. The van der Waals surface area contributed by atoms with Gasteiger partial charge in [0, 0.05) is 19.6 Å². The van der Waals surface area contributed by atoms with Crippen molar-refractivity contribution in [1.82, 2.24) is 13.9 Å². The van der Waals surface area contributed by atoms with E-state index in [0.29, 0.717) is 31.1 Å². The highest BCUT2D eigenvalue weighted by Gasteiger charge is 2.30. The zero-order valence-corrected chi connectivity index (χ0v) is 16.5. The second kappa shape index (κ2) is 7.53. The van der Waals surface area contributed by atoms with Crippen LogP contribution in [0.3, 0.4) is 0 Å². The number of aromatic nitrogens is 2. The van der Waals surface area contributed by atoms with Crippen LogP contribution in [0.1, 0.15) is 18.6 Å². The fourth-order valence-electron chi connectivity index (χ4n) is 3.23. The molecule has 0 atom stereocenters. The topological polar surface area (TPSA) is 68.3 Å². The molecule has 0 spiro atoms. The summed E-state index contributed by atoms with van der Waals surface area (Å²) in [5.41, 5.74) is 1.98. The molecule has 2 aromatic heterocycles. The molecule has 27 heavy (non-hydrogen) atoms. The molecule has 8 heteroatoms. The molecule has 3 aromatic rings. The highest BCUT2D eigenvalue weighted by atomic mass is 32.2. The van der Waals surface area contributed by atoms with Crippen LogP contribution in [0.25, 0.3) is 11.0 Å². The number of rotatable bonds is 7. The van der Waals surface area contributed by atoms with Crippen molar-refractivity contribution in [3.63, 3.8) is 0 Å². The predicted molar refractivity (Wildman–Crippen MR) is 106 cm³/mol.